The van der Waals surface area contributed by atoms with Gasteiger partial charge in [0.2, 0.25) is 0 Å². The topological polar surface area (TPSA) is 12.5 Å². The predicted molar refractivity (Wildman–Crippen MR) is 61.2 cm³/mol. The number of rotatable bonds is 3. The predicted octanol–water partition coefficient (Wildman–Crippen LogP) is 2.68. The van der Waals surface area contributed by atoms with Crippen LogP contribution in [0, 0.1) is 5.41 Å². The molecule has 98 valence electrons. The summed E-state index contributed by atoms with van der Waals surface area (Å²) in [6.07, 6.45) is 3.07. The SMILES string of the molecule is CC(C)OC[C@@]12CCCN1CC1(CC1(F)F)C2. The van der Waals surface area contributed by atoms with Crippen molar-refractivity contribution in [3.05, 3.63) is 0 Å². The molecule has 0 N–H and O–H groups in total. The molecule has 1 spiro atoms. The zero-order valence-corrected chi connectivity index (χ0v) is 10.6. The molecule has 3 rings (SSSR count). The summed E-state index contributed by atoms with van der Waals surface area (Å²) in [5, 5.41) is 0. The van der Waals surface area contributed by atoms with Crippen LogP contribution in [0.3, 0.4) is 0 Å². The third-order valence-corrected chi connectivity index (χ3v) is 4.80. The molecule has 1 saturated carbocycles. The molecular weight excluding hydrogens is 224 g/mol. The van der Waals surface area contributed by atoms with Crippen molar-refractivity contribution in [3.63, 3.8) is 0 Å². The molecule has 0 aromatic rings. The maximum Gasteiger partial charge on any atom is 0.255 e. The second kappa shape index (κ2) is 3.41. The lowest BCUT2D eigenvalue weighted by molar-refractivity contribution is 0.00191. The molecule has 2 saturated heterocycles. The normalized spacial score (nSPS) is 43.6. The van der Waals surface area contributed by atoms with Crippen molar-refractivity contribution in [2.45, 2.75) is 57.1 Å². The smallest absolute Gasteiger partial charge is 0.255 e. The lowest BCUT2D eigenvalue weighted by Gasteiger charge is -2.32. The van der Waals surface area contributed by atoms with Crippen LogP contribution < -0.4 is 0 Å². The molecule has 0 aromatic heterocycles. The molecule has 1 unspecified atom stereocenters. The summed E-state index contributed by atoms with van der Waals surface area (Å²) >= 11 is 0. The molecule has 3 fully saturated rings. The number of alkyl halides is 2. The maximum atomic E-state index is 13.5. The van der Waals surface area contributed by atoms with E-state index in [1.54, 1.807) is 0 Å². The Kier molecular flexibility index (Phi) is 2.38. The minimum atomic E-state index is -2.41. The van der Waals surface area contributed by atoms with Gasteiger partial charge in [-0.25, -0.2) is 8.78 Å². The molecule has 3 aliphatic rings. The van der Waals surface area contributed by atoms with E-state index >= 15 is 0 Å². The zero-order valence-electron chi connectivity index (χ0n) is 10.6. The number of ether oxygens (including phenoxy) is 1. The summed E-state index contributed by atoms with van der Waals surface area (Å²) < 4.78 is 32.7. The van der Waals surface area contributed by atoms with E-state index in [4.69, 9.17) is 4.74 Å². The molecule has 0 bridgehead atoms. The average molecular weight is 245 g/mol. The molecule has 2 aliphatic heterocycles. The second-order valence-electron chi connectivity index (χ2n) is 6.45. The van der Waals surface area contributed by atoms with Crippen LogP contribution in [0.15, 0.2) is 0 Å². The molecule has 0 amide bonds. The van der Waals surface area contributed by atoms with Gasteiger partial charge in [-0.15, -0.1) is 0 Å². The van der Waals surface area contributed by atoms with Crippen molar-refractivity contribution in [2.75, 3.05) is 19.7 Å². The third-order valence-electron chi connectivity index (χ3n) is 4.80. The molecule has 2 heterocycles. The van der Waals surface area contributed by atoms with Gasteiger partial charge in [0.25, 0.3) is 5.92 Å². The van der Waals surface area contributed by atoms with Gasteiger partial charge in [0.1, 0.15) is 0 Å². The Hall–Kier alpha value is -0.220. The minimum Gasteiger partial charge on any atom is -0.377 e. The molecular formula is C13H21F2NO. The fraction of sp³-hybridized carbons (Fsp3) is 1.00. The van der Waals surface area contributed by atoms with E-state index in [2.05, 4.69) is 4.90 Å². The van der Waals surface area contributed by atoms with Crippen molar-refractivity contribution in [1.29, 1.82) is 0 Å². The van der Waals surface area contributed by atoms with Crippen LogP contribution in [-0.4, -0.2) is 42.2 Å². The lowest BCUT2D eigenvalue weighted by Crippen LogP contribution is -2.43. The van der Waals surface area contributed by atoms with Crippen LogP contribution in [-0.2, 0) is 4.74 Å². The van der Waals surface area contributed by atoms with E-state index in [0.29, 0.717) is 19.6 Å². The van der Waals surface area contributed by atoms with Gasteiger partial charge in [-0.2, -0.15) is 0 Å². The van der Waals surface area contributed by atoms with E-state index in [1.165, 1.54) is 0 Å². The third kappa shape index (κ3) is 1.64. The van der Waals surface area contributed by atoms with Crippen molar-refractivity contribution in [1.82, 2.24) is 4.90 Å². The first-order valence-electron chi connectivity index (χ1n) is 6.64. The van der Waals surface area contributed by atoms with Crippen LogP contribution in [0.4, 0.5) is 8.78 Å². The van der Waals surface area contributed by atoms with Crippen molar-refractivity contribution in [3.8, 4) is 0 Å². The highest BCUT2D eigenvalue weighted by Crippen LogP contribution is 2.69. The molecule has 2 nitrogen and oxygen atoms in total. The van der Waals surface area contributed by atoms with Crippen molar-refractivity contribution < 1.29 is 13.5 Å². The average Bonchev–Trinajstić information content (AvgIpc) is 2.55. The molecule has 1 aliphatic carbocycles. The van der Waals surface area contributed by atoms with Gasteiger partial charge < -0.3 is 4.74 Å². The van der Waals surface area contributed by atoms with Gasteiger partial charge in [-0.05, 0) is 39.7 Å². The summed E-state index contributed by atoms with van der Waals surface area (Å²) in [5.41, 5.74) is -0.780. The van der Waals surface area contributed by atoms with Crippen LogP contribution in [0.25, 0.3) is 0 Å². The van der Waals surface area contributed by atoms with Crippen LogP contribution in [0.1, 0.15) is 39.5 Å². The molecule has 0 aromatic carbocycles. The van der Waals surface area contributed by atoms with Gasteiger partial charge in [0.05, 0.1) is 18.1 Å². The fourth-order valence-electron chi connectivity index (χ4n) is 3.77. The summed E-state index contributed by atoms with van der Waals surface area (Å²) in [6, 6.07) is 0. The maximum absolute atomic E-state index is 13.5. The first-order chi connectivity index (χ1) is 7.89. The van der Waals surface area contributed by atoms with E-state index in [9.17, 15) is 8.78 Å². The number of hydrogen-bond acceptors (Lipinski definition) is 2. The molecule has 2 atom stereocenters. The quantitative estimate of drug-likeness (QED) is 0.758. The lowest BCUT2D eigenvalue weighted by atomic mass is 9.89. The monoisotopic (exact) mass is 245 g/mol. The number of hydrogen-bond donors (Lipinski definition) is 0. The highest BCUT2D eigenvalue weighted by atomic mass is 19.3. The largest absolute Gasteiger partial charge is 0.377 e. The first-order valence-corrected chi connectivity index (χ1v) is 6.64. The Balaban J connectivity index is 1.74. The summed E-state index contributed by atoms with van der Waals surface area (Å²) in [5.74, 6) is -2.41. The zero-order chi connectivity index (χ0) is 12.3. The Morgan fingerprint density at radius 3 is 2.59 bits per heavy atom. The van der Waals surface area contributed by atoms with E-state index in [1.807, 2.05) is 13.8 Å². The van der Waals surface area contributed by atoms with Crippen molar-refractivity contribution >= 4 is 0 Å². The highest BCUT2D eigenvalue weighted by molar-refractivity contribution is 5.22. The summed E-state index contributed by atoms with van der Waals surface area (Å²) in [6.45, 7) is 6.20. The Morgan fingerprint density at radius 2 is 2.00 bits per heavy atom. The van der Waals surface area contributed by atoms with Gasteiger partial charge in [-0.1, -0.05) is 0 Å². The highest BCUT2D eigenvalue weighted by Gasteiger charge is 2.77. The van der Waals surface area contributed by atoms with Gasteiger partial charge in [0.15, 0.2) is 0 Å². The second-order valence-corrected chi connectivity index (χ2v) is 6.45. The van der Waals surface area contributed by atoms with Crippen LogP contribution >= 0.6 is 0 Å². The number of nitrogens with zero attached hydrogens (tertiary/aromatic N) is 1. The molecule has 4 heteroatoms. The van der Waals surface area contributed by atoms with E-state index in [0.717, 1.165) is 19.4 Å². The standard InChI is InChI=1S/C13H21F2NO/c1-10(2)17-9-12-4-3-5-16(12)8-11(6-12)7-13(11,14)15/h10H,3-9H2,1-2H3/t11?,12-/m0/s1. The van der Waals surface area contributed by atoms with Crippen LogP contribution in [0.2, 0.25) is 0 Å². The minimum absolute atomic E-state index is 0.0792. The summed E-state index contributed by atoms with van der Waals surface area (Å²) in [4.78, 5) is 2.27. The Labute approximate surface area is 101 Å². The van der Waals surface area contributed by atoms with E-state index < -0.39 is 11.3 Å². The Morgan fingerprint density at radius 1 is 1.29 bits per heavy atom. The summed E-state index contributed by atoms with van der Waals surface area (Å²) in [7, 11) is 0. The Bertz CT molecular complexity index is 333. The van der Waals surface area contributed by atoms with Crippen LogP contribution in [0.5, 0.6) is 0 Å². The number of fused-ring (bicyclic) bond motifs is 1. The van der Waals surface area contributed by atoms with Gasteiger partial charge in [-0.3, -0.25) is 4.90 Å². The fourth-order valence-corrected chi connectivity index (χ4v) is 3.77. The van der Waals surface area contributed by atoms with Crippen molar-refractivity contribution in [2.24, 2.45) is 5.41 Å². The van der Waals surface area contributed by atoms with Gasteiger partial charge in [0, 0.05) is 18.5 Å². The van der Waals surface area contributed by atoms with Gasteiger partial charge >= 0.3 is 0 Å². The molecule has 17 heavy (non-hydrogen) atoms. The number of halogens is 2. The molecule has 0 radical (unpaired) electrons. The first kappa shape index (κ1) is 11.8. The van der Waals surface area contributed by atoms with E-state index in [-0.39, 0.29) is 18.1 Å².